The number of nitrogens with zero attached hydrogens (tertiary/aromatic N) is 2. The number of rotatable bonds is 5. The first-order valence-corrected chi connectivity index (χ1v) is 11.0. The van der Waals surface area contributed by atoms with Gasteiger partial charge in [-0.2, -0.15) is 0 Å². The van der Waals surface area contributed by atoms with E-state index in [1.165, 1.54) is 12.1 Å². The van der Waals surface area contributed by atoms with Crippen molar-refractivity contribution < 1.29 is 10.0 Å². The number of aliphatic hydroxyl groups is 1. The van der Waals surface area contributed by atoms with Crippen molar-refractivity contribution in [3.8, 4) is 0 Å². The maximum absolute atomic E-state index is 12.0. The molecule has 6 nitrogen and oxygen atoms in total. The van der Waals surface area contributed by atoms with Gasteiger partial charge in [-0.25, -0.2) is 0 Å². The first-order valence-electron chi connectivity index (χ1n) is 10.6. The second-order valence-corrected chi connectivity index (χ2v) is 8.38. The van der Waals surface area contributed by atoms with Crippen LogP contribution in [0.15, 0.2) is 84.9 Å². The lowest BCUT2D eigenvalue weighted by Crippen LogP contribution is -2.47. The quantitative estimate of drug-likeness (QED) is 0.328. The van der Waals surface area contributed by atoms with Crippen LogP contribution in [0.25, 0.3) is 0 Å². The molecule has 0 bridgehead atoms. The Morgan fingerprint density at radius 2 is 1.53 bits per heavy atom. The molecule has 0 amide bonds. The fourth-order valence-electron chi connectivity index (χ4n) is 4.42. The molecular weight excluding hydrogens is 422 g/mol. The van der Waals surface area contributed by atoms with E-state index in [1.54, 1.807) is 12.1 Å². The van der Waals surface area contributed by atoms with E-state index in [4.69, 9.17) is 12.2 Å². The Labute approximate surface area is 192 Å². The third-order valence-electron chi connectivity index (χ3n) is 6.11. The summed E-state index contributed by atoms with van der Waals surface area (Å²) in [4.78, 5) is 12.6. The second kappa shape index (κ2) is 9.46. The van der Waals surface area contributed by atoms with Gasteiger partial charge in [0.15, 0.2) is 5.11 Å². The summed E-state index contributed by atoms with van der Waals surface area (Å²) in [5, 5.41) is 26.7. The minimum absolute atomic E-state index is 0.0206. The number of anilines is 1. The maximum atomic E-state index is 12.0. The molecule has 0 atom stereocenters. The molecular formula is C25H25N3O3S. The van der Waals surface area contributed by atoms with Gasteiger partial charge < -0.3 is 15.3 Å². The number of benzene rings is 3. The van der Waals surface area contributed by atoms with Crippen LogP contribution in [0.2, 0.25) is 0 Å². The van der Waals surface area contributed by atoms with Crippen molar-refractivity contribution in [2.75, 3.05) is 18.4 Å². The summed E-state index contributed by atoms with van der Waals surface area (Å²) in [6.45, 7) is 1.38. The fraction of sp³-hybridized carbons (Fsp3) is 0.240. The Kier molecular flexibility index (Phi) is 6.48. The summed E-state index contributed by atoms with van der Waals surface area (Å²) in [6, 6.07) is 26.0. The third-order valence-corrected chi connectivity index (χ3v) is 6.47. The number of thiocarbonyl (C=S) groups is 1. The SMILES string of the molecule is O=[N+]([O-])c1cccc(NC(=S)N2CCC(C(O)(c3ccccc3)c3ccccc3)CC2)c1. The van der Waals surface area contributed by atoms with Crippen LogP contribution < -0.4 is 5.32 Å². The molecule has 0 radical (unpaired) electrons. The molecule has 4 rings (SSSR count). The average Bonchev–Trinajstić information content (AvgIpc) is 2.85. The Bertz CT molecular complexity index is 1040. The number of nitro benzene ring substituents is 1. The van der Waals surface area contributed by atoms with Crippen molar-refractivity contribution >= 4 is 28.7 Å². The first-order chi connectivity index (χ1) is 15.5. The molecule has 1 fully saturated rings. The van der Waals surface area contributed by atoms with Crippen molar-refractivity contribution in [3.05, 3.63) is 106 Å². The van der Waals surface area contributed by atoms with E-state index in [-0.39, 0.29) is 11.6 Å². The monoisotopic (exact) mass is 447 g/mol. The fourth-order valence-corrected chi connectivity index (χ4v) is 4.72. The standard InChI is InChI=1S/C25H25N3O3S/c29-25(19-8-3-1-4-9-19,20-10-5-2-6-11-20)21-14-16-27(17-15-21)24(32)26-22-12-7-13-23(18-22)28(30)31/h1-13,18,21,29H,14-17H2,(H,26,32). The minimum Gasteiger partial charge on any atom is -0.380 e. The van der Waals surface area contributed by atoms with Gasteiger partial charge in [0.2, 0.25) is 0 Å². The summed E-state index contributed by atoms with van der Waals surface area (Å²) in [6.07, 6.45) is 1.52. The lowest BCUT2D eigenvalue weighted by molar-refractivity contribution is -0.384. The second-order valence-electron chi connectivity index (χ2n) is 8.00. The predicted molar refractivity (Wildman–Crippen MR) is 129 cm³/mol. The molecule has 0 unspecified atom stereocenters. The van der Waals surface area contributed by atoms with E-state index < -0.39 is 10.5 Å². The number of hydrogen-bond donors (Lipinski definition) is 2. The van der Waals surface area contributed by atoms with Crippen molar-refractivity contribution in [2.45, 2.75) is 18.4 Å². The van der Waals surface area contributed by atoms with Gasteiger partial charge in [0.05, 0.1) is 4.92 Å². The highest BCUT2D eigenvalue weighted by molar-refractivity contribution is 7.80. The largest absolute Gasteiger partial charge is 0.380 e. The number of likely N-dealkylation sites (tertiary alicyclic amines) is 1. The number of hydrogen-bond acceptors (Lipinski definition) is 4. The van der Waals surface area contributed by atoms with Gasteiger partial charge in [-0.3, -0.25) is 10.1 Å². The molecule has 1 saturated heterocycles. The van der Waals surface area contributed by atoms with Gasteiger partial charge in [0, 0.05) is 30.9 Å². The zero-order chi connectivity index (χ0) is 22.6. The number of non-ortho nitro benzene ring substituents is 1. The predicted octanol–water partition coefficient (Wildman–Crippen LogP) is 4.94. The van der Waals surface area contributed by atoms with E-state index >= 15 is 0 Å². The van der Waals surface area contributed by atoms with E-state index in [0.29, 0.717) is 23.9 Å². The van der Waals surface area contributed by atoms with Crippen molar-refractivity contribution in [1.29, 1.82) is 0 Å². The molecule has 2 N–H and O–H groups in total. The lowest BCUT2D eigenvalue weighted by atomic mass is 9.72. The number of nitro groups is 1. The van der Waals surface area contributed by atoms with Gasteiger partial charge >= 0.3 is 0 Å². The molecule has 32 heavy (non-hydrogen) atoms. The van der Waals surface area contributed by atoms with E-state index in [2.05, 4.69) is 10.2 Å². The average molecular weight is 448 g/mol. The van der Waals surface area contributed by atoms with E-state index in [0.717, 1.165) is 24.0 Å². The van der Waals surface area contributed by atoms with Crippen LogP contribution in [0.1, 0.15) is 24.0 Å². The molecule has 7 heteroatoms. The molecule has 1 heterocycles. The molecule has 0 aromatic heterocycles. The summed E-state index contributed by atoms with van der Waals surface area (Å²) < 4.78 is 0. The third kappa shape index (κ3) is 4.49. The molecule has 1 aliphatic heterocycles. The lowest BCUT2D eigenvalue weighted by Gasteiger charge is -2.43. The van der Waals surface area contributed by atoms with Crippen LogP contribution in [0, 0.1) is 16.0 Å². The van der Waals surface area contributed by atoms with Gasteiger partial charge in [0.1, 0.15) is 5.60 Å². The van der Waals surface area contributed by atoms with Gasteiger partial charge in [-0.05, 0) is 48.2 Å². The molecule has 1 aliphatic rings. The van der Waals surface area contributed by atoms with Crippen LogP contribution >= 0.6 is 12.2 Å². The highest BCUT2D eigenvalue weighted by Crippen LogP contribution is 2.42. The Morgan fingerprint density at radius 1 is 0.969 bits per heavy atom. The molecule has 3 aromatic rings. The molecule has 0 saturated carbocycles. The Morgan fingerprint density at radius 3 is 2.06 bits per heavy atom. The van der Waals surface area contributed by atoms with E-state index in [9.17, 15) is 15.2 Å². The highest BCUT2D eigenvalue weighted by Gasteiger charge is 2.41. The van der Waals surface area contributed by atoms with Crippen LogP contribution in [0.3, 0.4) is 0 Å². The van der Waals surface area contributed by atoms with Crippen molar-refractivity contribution in [2.24, 2.45) is 5.92 Å². The van der Waals surface area contributed by atoms with Crippen molar-refractivity contribution in [3.63, 3.8) is 0 Å². The van der Waals surface area contributed by atoms with Crippen LogP contribution in [-0.4, -0.2) is 33.1 Å². The number of piperidine rings is 1. The van der Waals surface area contributed by atoms with Gasteiger partial charge in [-0.15, -0.1) is 0 Å². The minimum atomic E-state index is -1.08. The summed E-state index contributed by atoms with van der Waals surface area (Å²) >= 11 is 5.57. The summed E-state index contributed by atoms with van der Waals surface area (Å²) in [5.41, 5.74) is 1.32. The van der Waals surface area contributed by atoms with Crippen LogP contribution in [-0.2, 0) is 5.60 Å². The molecule has 0 aliphatic carbocycles. The van der Waals surface area contributed by atoms with Crippen molar-refractivity contribution in [1.82, 2.24) is 4.90 Å². The normalized spacial score (nSPS) is 14.7. The zero-order valence-corrected chi connectivity index (χ0v) is 18.4. The zero-order valence-electron chi connectivity index (χ0n) is 17.6. The highest BCUT2D eigenvalue weighted by atomic mass is 32.1. The van der Waals surface area contributed by atoms with Gasteiger partial charge in [-0.1, -0.05) is 66.7 Å². The van der Waals surface area contributed by atoms with Crippen LogP contribution in [0.5, 0.6) is 0 Å². The Balaban J connectivity index is 1.48. The van der Waals surface area contributed by atoms with Gasteiger partial charge in [0.25, 0.3) is 5.69 Å². The smallest absolute Gasteiger partial charge is 0.271 e. The molecule has 0 spiro atoms. The van der Waals surface area contributed by atoms with Crippen LogP contribution in [0.4, 0.5) is 11.4 Å². The molecule has 164 valence electrons. The molecule has 3 aromatic carbocycles. The summed E-state index contributed by atoms with van der Waals surface area (Å²) in [5.74, 6) is 0.0316. The topological polar surface area (TPSA) is 78.6 Å². The summed E-state index contributed by atoms with van der Waals surface area (Å²) in [7, 11) is 0. The maximum Gasteiger partial charge on any atom is 0.271 e. The Hall–Kier alpha value is -3.29. The first kappa shape index (κ1) is 21.9. The number of nitrogens with one attached hydrogen (secondary N) is 1. The van der Waals surface area contributed by atoms with E-state index in [1.807, 2.05) is 60.7 Å².